The second kappa shape index (κ2) is 4.80. The van der Waals surface area contributed by atoms with Gasteiger partial charge in [0.2, 0.25) is 0 Å². The average molecular weight is 258 g/mol. The molecule has 1 aromatic rings. The van der Waals surface area contributed by atoms with Crippen LogP contribution in [0.4, 0.5) is 5.69 Å². The summed E-state index contributed by atoms with van der Waals surface area (Å²) in [5, 5.41) is 9.87. The molecule has 0 saturated heterocycles. The second-order valence-corrected chi connectivity index (χ2v) is 4.83. The minimum absolute atomic E-state index is 0.455. The minimum atomic E-state index is -0.455. The van der Waals surface area contributed by atoms with E-state index < -0.39 is 6.10 Å². The summed E-state index contributed by atoms with van der Waals surface area (Å²) >= 11 is 3.33. The van der Waals surface area contributed by atoms with Crippen molar-refractivity contribution >= 4 is 21.6 Å². The molecule has 0 aliphatic carbocycles. The van der Waals surface area contributed by atoms with Gasteiger partial charge in [0.15, 0.2) is 0 Å². The normalized spacial score (nSPS) is 13.2. The highest BCUT2D eigenvalue weighted by Crippen LogP contribution is 2.28. The molecule has 0 heterocycles. The summed E-state index contributed by atoms with van der Waals surface area (Å²) in [5.74, 6) is 0.466. The molecule has 3 N–H and O–H groups in total. The summed E-state index contributed by atoms with van der Waals surface area (Å²) in [6.07, 6.45) is 0.286. The van der Waals surface area contributed by atoms with Gasteiger partial charge in [-0.25, -0.2) is 0 Å². The maximum atomic E-state index is 9.87. The second-order valence-electron chi connectivity index (χ2n) is 3.92. The van der Waals surface area contributed by atoms with Gasteiger partial charge in [0.05, 0.1) is 6.10 Å². The molecular weight excluding hydrogens is 242 g/mol. The van der Waals surface area contributed by atoms with E-state index in [1.165, 1.54) is 0 Å². The van der Waals surface area contributed by atoms with Crippen LogP contribution in [0.25, 0.3) is 0 Å². The first-order valence-electron chi connectivity index (χ1n) is 4.73. The van der Waals surface area contributed by atoms with E-state index in [1.807, 2.05) is 18.2 Å². The molecule has 0 radical (unpaired) electrons. The zero-order chi connectivity index (χ0) is 10.7. The number of hydrogen-bond donors (Lipinski definition) is 2. The number of aliphatic hydroxyl groups is 1. The number of rotatable bonds is 3. The quantitative estimate of drug-likeness (QED) is 0.818. The Morgan fingerprint density at radius 2 is 2.07 bits per heavy atom. The molecule has 2 nitrogen and oxygen atoms in total. The average Bonchev–Trinajstić information content (AvgIpc) is 2.01. The van der Waals surface area contributed by atoms with Crippen LogP contribution in [0.1, 0.15) is 31.9 Å². The summed E-state index contributed by atoms with van der Waals surface area (Å²) in [4.78, 5) is 0. The monoisotopic (exact) mass is 257 g/mol. The third-order valence-electron chi connectivity index (χ3n) is 2.10. The molecule has 0 spiro atoms. The molecule has 0 aromatic heterocycles. The Hall–Kier alpha value is -0.540. The van der Waals surface area contributed by atoms with Gasteiger partial charge in [0.25, 0.3) is 0 Å². The highest BCUT2D eigenvalue weighted by atomic mass is 79.9. The van der Waals surface area contributed by atoms with Crippen LogP contribution in [0.3, 0.4) is 0 Å². The van der Waals surface area contributed by atoms with Crippen LogP contribution in [0.2, 0.25) is 0 Å². The first kappa shape index (κ1) is 11.5. The van der Waals surface area contributed by atoms with E-state index >= 15 is 0 Å². The molecule has 14 heavy (non-hydrogen) atoms. The molecule has 1 atom stereocenters. The SMILES string of the molecule is CC(C)CC(O)c1ccc(Br)cc1N. The van der Waals surface area contributed by atoms with Crippen LogP contribution in [0, 0.1) is 5.92 Å². The van der Waals surface area contributed by atoms with Crippen LogP contribution >= 0.6 is 15.9 Å². The van der Waals surface area contributed by atoms with E-state index in [-0.39, 0.29) is 0 Å². The van der Waals surface area contributed by atoms with Crippen molar-refractivity contribution in [3.05, 3.63) is 28.2 Å². The van der Waals surface area contributed by atoms with Gasteiger partial charge in [-0.3, -0.25) is 0 Å². The van der Waals surface area contributed by atoms with Crippen molar-refractivity contribution in [1.82, 2.24) is 0 Å². The fraction of sp³-hybridized carbons (Fsp3) is 0.455. The highest BCUT2D eigenvalue weighted by Gasteiger charge is 2.12. The van der Waals surface area contributed by atoms with Crippen LogP contribution in [0.5, 0.6) is 0 Å². The third kappa shape index (κ3) is 3.00. The van der Waals surface area contributed by atoms with E-state index in [2.05, 4.69) is 29.8 Å². The van der Waals surface area contributed by atoms with E-state index in [0.29, 0.717) is 11.6 Å². The van der Waals surface area contributed by atoms with E-state index in [1.54, 1.807) is 0 Å². The predicted molar refractivity (Wildman–Crippen MR) is 63.0 cm³/mol. The van der Waals surface area contributed by atoms with Crippen LogP contribution in [-0.2, 0) is 0 Å². The maximum Gasteiger partial charge on any atom is 0.0812 e. The van der Waals surface area contributed by atoms with Gasteiger partial charge in [-0.2, -0.15) is 0 Å². The van der Waals surface area contributed by atoms with E-state index in [0.717, 1.165) is 16.5 Å². The molecule has 1 rings (SSSR count). The van der Waals surface area contributed by atoms with Crippen molar-refractivity contribution in [3.8, 4) is 0 Å². The number of aliphatic hydroxyl groups excluding tert-OH is 1. The van der Waals surface area contributed by atoms with Crippen LogP contribution in [0.15, 0.2) is 22.7 Å². The molecule has 0 aliphatic rings. The summed E-state index contributed by atoms with van der Waals surface area (Å²) in [5.41, 5.74) is 7.28. The summed E-state index contributed by atoms with van der Waals surface area (Å²) in [6, 6.07) is 5.58. The number of hydrogen-bond acceptors (Lipinski definition) is 2. The summed E-state index contributed by atoms with van der Waals surface area (Å²) < 4.78 is 0.940. The van der Waals surface area contributed by atoms with Crippen LogP contribution in [-0.4, -0.2) is 5.11 Å². The molecule has 78 valence electrons. The Kier molecular flexibility index (Phi) is 3.96. The highest BCUT2D eigenvalue weighted by molar-refractivity contribution is 9.10. The largest absolute Gasteiger partial charge is 0.398 e. The zero-order valence-electron chi connectivity index (χ0n) is 8.50. The molecule has 1 unspecified atom stereocenters. The van der Waals surface area contributed by atoms with Crippen molar-refractivity contribution in [2.75, 3.05) is 5.73 Å². The molecule has 3 heteroatoms. The molecular formula is C11H16BrNO. The standard InChI is InChI=1S/C11H16BrNO/c1-7(2)5-11(14)9-4-3-8(12)6-10(9)13/h3-4,6-7,11,14H,5,13H2,1-2H3. The maximum absolute atomic E-state index is 9.87. The lowest BCUT2D eigenvalue weighted by Gasteiger charge is -2.15. The molecule has 0 fully saturated rings. The van der Waals surface area contributed by atoms with E-state index in [9.17, 15) is 5.11 Å². The lowest BCUT2D eigenvalue weighted by molar-refractivity contribution is 0.152. The van der Waals surface area contributed by atoms with Crippen molar-refractivity contribution in [3.63, 3.8) is 0 Å². The molecule has 0 saturated carbocycles. The van der Waals surface area contributed by atoms with Gasteiger partial charge < -0.3 is 10.8 Å². The van der Waals surface area contributed by atoms with Crippen LogP contribution < -0.4 is 5.73 Å². The van der Waals surface area contributed by atoms with Gasteiger partial charge in [0, 0.05) is 15.7 Å². The molecule has 0 aliphatic heterocycles. The lowest BCUT2D eigenvalue weighted by atomic mass is 9.98. The summed E-state index contributed by atoms with van der Waals surface area (Å²) in [6.45, 7) is 4.16. The number of nitrogens with two attached hydrogens (primary N) is 1. The Bertz CT molecular complexity index is 312. The predicted octanol–water partition coefficient (Wildman–Crippen LogP) is 3.11. The Morgan fingerprint density at radius 3 is 2.57 bits per heavy atom. The lowest BCUT2D eigenvalue weighted by Crippen LogP contribution is -2.05. The Morgan fingerprint density at radius 1 is 1.43 bits per heavy atom. The smallest absolute Gasteiger partial charge is 0.0812 e. The van der Waals surface area contributed by atoms with Gasteiger partial charge in [-0.1, -0.05) is 35.8 Å². The molecule has 0 bridgehead atoms. The van der Waals surface area contributed by atoms with Crippen molar-refractivity contribution in [1.29, 1.82) is 0 Å². The zero-order valence-corrected chi connectivity index (χ0v) is 10.1. The molecule has 1 aromatic carbocycles. The number of benzene rings is 1. The van der Waals surface area contributed by atoms with Gasteiger partial charge in [-0.15, -0.1) is 0 Å². The third-order valence-corrected chi connectivity index (χ3v) is 2.60. The number of nitrogen functional groups attached to an aromatic ring is 1. The molecule has 0 amide bonds. The van der Waals surface area contributed by atoms with Crippen molar-refractivity contribution in [2.24, 2.45) is 5.92 Å². The first-order valence-corrected chi connectivity index (χ1v) is 5.53. The number of anilines is 1. The fourth-order valence-corrected chi connectivity index (χ4v) is 1.80. The van der Waals surface area contributed by atoms with Crippen molar-refractivity contribution < 1.29 is 5.11 Å². The van der Waals surface area contributed by atoms with E-state index in [4.69, 9.17) is 5.73 Å². The van der Waals surface area contributed by atoms with Crippen molar-refractivity contribution in [2.45, 2.75) is 26.4 Å². The first-order chi connectivity index (χ1) is 6.50. The number of halogens is 1. The van der Waals surface area contributed by atoms with Gasteiger partial charge >= 0.3 is 0 Å². The Labute approximate surface area is 93.3 Å². The minimum Gasteiger partial charge on any atom is -0.398 e. The van der Waals surface area contributed by atoms with Gasteiger partial charge in [-0.05, 0) is 24.5 Å². The fourth-order valence-electron chi connectivity index (χ4n) is 1.42. The Balaban J connectivity index is 2.84. The summed E-state index contributed by atoms with van der Waals surface area (Å²) in [7, 11) is 0. The topological polar surface area (TPSA) is 46.2 Å². The van der Waals surface area contributed by atoms with Gasteiger partial charge in [0.1, 0.15) is 0 Å².